The molecule has 2 aromatic carbocycles. The van der Waals surface area contributed by atoms with E-state index in [2.05, 4.69) is 41.2 Å². The molecule has 1 unspecified atom stereocenters. The molecule has 0 bridgehead atoms. The van der Waals surface area contributed by atoms with Gasteiger partial charge < -0.3 is 4.74 Å². The van der Waals surface area contributed by atoms with Crippen LogP contribution in [0.1, 0.15) is 45.6 Å². The van der Waals surface area contributed by atoms with Crippen LogP contribution >= 0.6 is 0 Å². The Morgan fingerprint density at radius 3 is 2.07 bits per heavy atom. The van der Waals surface area contributed by atoms with Crippen LogP contribution in [-0.4, -0.2) is 22.7 Å². The SMILES string of the molecule is CCCCCc1ccc(-c2ncc(-c3ccc(OCC(F)C(C)C)cc3)cn2)cc1. The van der Waals surface area contributed by atoms with Gasteiger partial charge in [-0.2, -0.15) is 0 Å². The highest BCUT2D eigenvalue weighted by Crippen LogP contribution is 2.24. The molecule has 30 heavy (non-hydrogen) atoms. The van der Waals surface area contributed by atoms with Gasteiger partial charge in [0.15, 0.2) is 5.82 Å². The number of alkyl halides is 1. The quantitative estimate of drug-likeness (QED) is 0.343. The Bertz CT molecular complexity index is 890. The van der Waals surface area contributed by atoms with E-state index >= 15 is 0 Å². The molecular weight excluding hydrogens is 375 g/mol. The maximum atomic E-state index is 13.7. The van der Waals surface area contributed by atoms with Crippen LogP contribution in [0.3, 0.4) is 0 Å². The van der Waals surface area contributed by atoms with Crippen LogP contribution in [0.4, 0.5) is 4.39 Å². The Balaban J connectivity index is 1.61. The number of halogens is 1. The number of benzene rings is 2. The molecule has 0 radical (unpaired) electrons. The second-order valence-electron chi connectivity index (χ2n) is 8.04. The number of hydrogen-bond donors (Lipinski definition) is 0. The Kier molecular flexibility index (Phi) is 7.95. The molecule has 158 valence electrons. The fourth-order valence-electron chi connectivity index (χ4n) is 3.14. The van der Waals surface area contributed by atoms with Crippen LogP contribution in [0.25, 0.3) is 22.5 Å². The second-order valence-corrected chi connectivity index (χ2v) is 8.04. The molecular formula is C26H31FN2O. The van der Waals surface area contributed by atoms with Crippen LogP contribution in [0.15, 0.2) is 60.9 Å². The van der Waals surface area contributed by atoms with Gasteiger partial charge in [0.05, 0.1) is 0 Å². The van der Waals surface area contributed by atoms with E-state index in [4.69, 9.17) is 4.74 Å². The Morgan fingerprint density at radius 1 is 0.833 bits per heavy atom. The predicted molar refractivity (Wildman–Crippen MR) is 121 cm³/mol. The largest absolute Gasteiger partial charge is 0.491 e. The van der Waals surface area contributed by atoms with Crippen molar-refractivity contribution in [3.63, 3.8) is 0 Å². The van der Waals surface area contributed by atoms with Gasteiger partial charge in [0.1, 0.15) is 18.5 Å². The van der Waals surface area contributed by atoms with Crippen molar-refractivity contribution < 1.29 is 9.13 Å². The minimum absolute atomic E-state index is 0.0443. The van der Waals surface area contributed by atoms with Gasteiger partial charge in [-0.3, -0.25) is 0 Å². The van der Waals surface area contributed by atoms with Crippen molar-refractivity contribution in [2.75, 3.05) is 6.61 Å². The monoisotopic (exact) mass is 406 g/mol. The number of nitrogens with zero attached hydrogens (tertiary/aromatic N) is 2. The van der Waals surface area contributed by atoms with Crippen molar-refractivity contribution in [3.8, 4) is 28.3 Å². The van der Waals surface area contributed by atoms with Crippen molar-refractivity contribution >= 4 is 0 Å². The number of aryl methyl sites for hydroxylation is 1. The zero-order valence-corrected chi connectivity index (χ0v) is 18.1. The van der Waals surface area contributed by atoms with E-state index in [-0.39, 0.29) is 12.5 Å². The summed E-state index contributed by atoms with van der Waals surface area (Å²) in [6, 6.07) is 16.1. The predicted octanol–water partition coefficient (Wildman–Crippen LogP) is 6.92. The average Bonchev–Trinajstić information content (AvgIpc) is 2.78. The van der Waals surface area contributed by atoms with Gasteiger partial charge in [0, 0.05) is 23.5 Å². The number of unbranched alkanes of at least 4 members (excludes halogenated alkanes) is 2. The lowest BCUT2D eigenvalue weighted by atomic mass is 10.0. The third-order valence-electron chi connectivity index (χ3n) is 5.25. The maximum absolute atomic E-state index is 13.7. The smallest absolute Gasteiger partial charge is 0.159 e. The van der Waals surface area contributed by atoms with E-state index in [0.29, 0.717) is 5.75 Å². The number of rotatable bonds is 10. The second kappa shape index (κ2) is 10.9. The molecule has 4 heteroatoms. The molecule has 0 fully saturated rings. The summed E-state index contributed by atoms with van der Waals surface area (Å²) in [6.45, 7) is 6.00. The first kappa shape index (κ1) is 21.9. The third-order valence-corrected chi connectivity index (χ3v) is 5.25. The molecule has 0 aliphatic heterocycles. The molecule has 0 aliphatic carbocycles. The van der Waals surface area contributed by atoms with Gasteiger partial charge in [0.25, 0.3) is 0 Å². The minimum atomic E-state index is -0.962. The average molecular weight is 407 g/mol. The third kappa shape index (κ3) is 6.12. The van der Waals surface area contributed by atoms with Crippen molar-refractivity contribution in [1.29, 1.82) is 0 Å². The lowest BCUT2D eigenvalue weighted by molar-refractivity contribution is 0.155. The first-order chi connectivity index (χ1) is 14.6. The van der Waals surface area contributed by atoms with Gasteiger partial charge in [-0.15, -0.1) is 0 Å². The summed E-state index contributed by atoms with van der Waals surface area (Å²) in [5.41, 5.74) is 4.32. The Morgan fingerprint density at radius 2 is 1.47 bits per heavy atom. The molecule has 0 saturated heterocycles. The Hall–Kier alpha value is -2.75. The van der Waals surface area contributed by atoms with E-state index in [1.807, 2.05) is 50.5 Å². The minimum Gasteiger partial charge on any atom is -0.491 e. The number of aromatic nitrogens is 2. The van der Waals surface area contributed by atoms with Crippen molar-refractivity contribution in [2.45, 2.75) is 52.6 Å². The molecule has 3 aromatic rings. The van der Waals surface area contributed by atoms with Gasteiger partial charge in [0.2, 0.25) is 0 Å². The first-order valence-corrected chi connectivity index (χ1v) is 10.9. The maximum Gasteiger partial charge on any atom is 0.159 e. The summed E-state index contributed by atoms with van der Waals surface area (Å²) in [5.74, 6) is 1.34. The molecule has 0 aliphatic rings. The number of hydrogen-bond acceptors (Lipinski definition) is 3. The fourth-order valence-corrected chi connectivity index (χ4v) is 3.14. The highest BCUT2D eigenvalue weighted by molar-refractivity contribution is 5.64. The van der Waals surface area contributed by atoms with Crippen molar-refractivity contribution in [1.82, 2.24) is 9.97 Å². The molecule has 1 heterocycles. The molecule has 3 rings (SSSR count). The fraction of sp³-hybridized carbons (Fsp3) is 0.385. The van der Waals surface area contributed by atoms with Gasteiger partial charge in [-0.1, -0.05) is 70.0 Å². The molecule has 1 aromatic heterocycles. The molecule has 0 N–H and O–H groups in total. The van der Waals surface area contributed by atoms with E-state index < -0.39 is 6.17 Å². The number of ether oxygens (including phenoxy) is 1. The van der Waals surface area contributed by atoms with Gasteiger partial charge in [-0.25, -0.2) is 14.4 Å². The van der Waals surface area contributed by atoms with Crippen molar-refractivity contribution in [3.05, 3.63) is 66.5 Å². The summed E-state index contributed by atoms with van der Waals surface area (Å²) in [6.07, 6.45) is 7.58. The summed E-state index contributed by atoms with van der Waals surface area (Å²) in [5, 5.41) is 0. The van der Waals surface area contributed by atoms with Crippen LogP contribution in [0.5, 0.6) is 5.75 Å². The lowest BCUT2D eigenvalue weighted by Gasteiger charge is -2.13. The van der Waals surface area contributed by atoms with Crippen LogP contribution in [-0.2, 0) is 6.42 Å². The van der Waals surface area contributed by atoms with Crippen molar-refractivity contribution in [2.24, 2.45) is 5.92 Å². The topological polar surface area (TPSA) is 35.0 Å². The zero-order chi connectivity index (χ0) is 21.3. The molecule has 0 amide bonds. The van der Waals surface area contributed by atoms with Gasteiger partial charge in [-0.05, 0) is 42.0 Å². The molecule has 3 nitrogen and oxygen atoms in total. The van der Waals surface area contributed by atoms with E-state index in [1.165, 1.54) is 24.8 Å². The Labute approximate surface area is 179 Å². The highest BCUT2D eigenvalue weighted by Gasteiger charge is 2.12. The lowest BCUT2D eigenvalue weighted by Crippen LogP contribution is -2.18. The van der Waals surface area contributed by atoms with Crippen LogP contribution in [0, 0.1) is 5.92 Å². The van der Waals surface area contributed by atoms with E-state index in [1.54, 1.807) is 0 Å². The summed E-state index contributed by atoms with van der Waals surface area (Å²) >= 11 is 0. The van der Waals surface area contributed by atoms with Gasteiger partial charge >= 0.3 is 0 Å². The first-order valence-electron chi connectivity index (χ1n) is 10.9. The van der Waals surface area contributed by atoms with E-state index in [0.717, 1.165) is 28.9 Å². The molecule has 1 atom stereocenters. The summed E-state index contributed by atoms with van der Waals surface area (Å²) < 4.78 is 19.2. The molecule has 0 saturated carbocycles. The van der Waals surface area contributed by atoms with Crippen LogP contribution in [0.2, 0.25) is 0 Å². The summed E-state index contributed by atoms with van der Waals surface area (Å²) in [7, 11) is 0. The zero-order valence-electron chi connectivity index (χ0n) is 18.1. The van der Waals surface area contributed by atoms with Crippen LogP contribution < -0.4 is 4.74 Å². The summed E-state index contributed by atoms with van der Waals surface area (Å²) in [4.78, 5) is 9.08. The standard InChI is InChI=1S/C26H31FN2O/c1-4-5-6-7-20-8-10-22(11-9-20)26-28-16-23(17-29-26)21-12-14-24(15-13-21)30-18-25(27)19(2)3/h8-17,19,25H,4-7,18H2,1-3H3. The molecule has 0 spiro atoms. The normalized spacial score (nSPS) is 12.2. The highest BCUT2D eigenvalue weighted by atomic mass is 19.1. The van der Waals surface area contributed by atoms with E-state index in [9.17, 15) is 4.39 Å².